The molecular formula is C11H12F3N3O2. The minimum atomic E-state index is -5.04. The van der Waals surface area contributed by atoms with Crippen molar-refractivity contribution >= 4 is 23.2 Å². The summed E-state index contributed by atoms with van der Waals surface area (Å²) < 4.78 is 36.6. The molecule has 0 aliphatic heterocycles. The third-order valence-electron chi connectivity index (χ3n) is 2.19. The molecule has 0 spiro atoms. The smallest absolute Gasteiger partial charge is 0.399 e. The number of nitrogens with two attached hydrogens (primary N) is 1. The lowest BCUT2D eigenvalue weighted by Crippen LogP contribution is -2.31. The van der Waals surface area contributed by atoms with Crippen LogP contribution in [0.25, 0.3) is 0 Å². The van der Waals surface area contributed by atoms with Crippen molar-refractivity contribution in [3.63, 3.8) is 0 Å². The van der Waals surface area contributed by atoms with Gasteiger partial charge in [-0.05, 0) is 18.2 Å². The summed E-state index contributed by atoms with van der Waals surface area (Å²) in [5, 5.41) is 1.64. The predicted molar refractivity (Wildman–Crippen MR) is 63.6 cm³/mol. The number of carbonyl (C=O) groups excluding carboxylic acids is 2. The van der Waals surface area contributed by atoms with Gasteiger partial charge in [-0.1, -0.05) is 0 Å². The van der Waals surface area contributed by atoms with Gasteiger partial charge in [-0.3, -0.25) is 9.59 Å². The Morgan fingerprint density at radius 1 is 1.26 bits per heavy atom. The highest BCUT2D eigenvalue weighted by Crippen LogP contribution is 2.23. The van der Waals surface area contributed by atoms with Gasteiger partial charge in [0.2, 0.25) is 0 Å². The second kappa shape index (κ2) is 5.17. The van der Waals surface area contributed by atoms with Crippen LogP contribution in [-0.4, -0.2) is 37.0 Å². The van der Waals surface area contributed by atoms with E-state index in [9.17, 15) is 22.8 Å². The quantitative estimate of drug-likeness (QED) is 0.802. The normalized spacial score (nSPS) is 11.0. The molecule has 0 radical (unpaired) electrons. The average molecular weight is 275 g/mol. The van der Waals surface area contributed by atoms with Gasteiger partial charge in [-0.25, -0.2) is 0 Å². The minimum absolute atomic E-state index is 0.0724. The van der Waals surface area contributed by atoms with Gasteiger partial charge in [0.25, 0.3) is 5.91 Å². The van der Waals surface area contributed by atoms with E-state index in [4.69, 9.17) is 5.73 Å². The molecule has 0 saturated heterocycles. The molecule has 0 bridgehead atoms. The molecule has 0 heterocycles. The molecular weight excluding hydrogens is 263 g/mol. The highest BCUT2D eigenvalue weighted by Gasteiger charge is 2.39. The fraction of sp³-hybridized carbons (Fsp3) is 0.273. The van der Waals surface area contributed by atoms with Crippen molar-refractivity contribution in [3.8, 4) is 0 Å². The Hall–Kier alpha value is -2.25. The Labute approximate surface area is 107 Å². The van der Waals surface area contributed by atoms with Gasteiger partial charge < -0.3 is 16.0 Å². The maximum atomic E-state index is 12.2. The van der Waals surface area contributed by atoms with Crippen molar-refractivity contribution in [1.29, 1.82) is 0 Å². The van der Waals surface area contributed by atoms with Gasteiger partial charge in [0.1, 0.15) is 0 Å². The van der Waals surface area contributed by atoms with E-state index in [1.54, 1.807) is 5.32 Å². The standard InChI is InChI=1S/C11H12F3N3O2/c1-17(2)9(18)7-4-3-6(15)5-8(7)16-10(19)11(12,13)14/h3-5H,15H2,1-2H3,(H,16,19). The lowest BCUT2D eigenvalue weighted by Gasteiger charge is -2.16. The summed E-state index contributed by atoms with van der Waals surface area (Å²) in [7, 11) is 2.88. The van der Waals surface area contributed by atoms with Crippen molar-refractivity contribution < 1.29 is 22.8 Å². The molecule has 104 valence electrons. The van der Waals surface area contributed by atoms with Crippen LogP contribution in [0.2, 0.25) is 0 Å². The molecule has 0 atom stereocenters. The zero-order chi connectivity index (χ0) is 14.8. The molecule has 19 heavy (non-hydrogen) atoms. The Morgan fingerprint density at radius 2 is 1.84 bits per heavy atom. The van der Waals surface area contributed by atoms with E-state index in [-0.39, 0.29) is 16.9 Å². The van der Waals surface area contributed by atoms with Crippen LogP contribution in [0.15, 0.2) is 18.2 Å². The molecule has 1 rings (SSSR count). The Morgan fingerprint density at radius 3 is 2.32 bits per heavy atom. The van der Waals surface area contributed by atoms with Crippen molar-refractivity contribution in [2.24, 2.45) is 0 Å². The number of nitrogen functional groups attached to an aromatic ring is 1. The van der Waals surface area contributed by atoms with Crippen LogP contribution in [0.1, 0.15) is 10.4 Å². The monoisotopic (exact) mass is 275 g/mol. The molecule has 1 aromatic rings. The van der Waals surface area contributed by atoms with Crippen LogP contribution in [0.3, 0.4) is 0 Å². The number of hydrogen-bond acceptors (Lipinski definition) is 3. The number of benzene rings is 1. The summed E-state index contributed by atoms with van der Waals surface area (Å²) in [5.41, 5.74) is 5.21. The molecule has 2 amide bonds. The van der Waals surface area contributed by atoms with E-state index in [1.165, 1.54) is 31.1 Å². The van der Waals surface area contributed by atoms with E-state index in [1.807, 2.05) is 0 Å². The second-order valence-electron chi connectivity index (χ2n) is 3.96. The molecule has 3 N–H and O–H groups in total. The Kier molecular flexibility index (Phi) is 4.03. The molecule has 0 aliphatic carbocycles. The largest absolute Gasteiger partial charge is 0.471 e. The minimum Gasteiger partial charge on any atom is -0.399 e. The zero-order valence-electron chi connectivity index (χ0n) is 10.2. The number of alkyl halides is 3. The molecule has 0 aliphatic rings. The van der Waals surface area contributed by atoms with Gasteiger partial charge >= 0.3 is 12.1 Å². The summed E-state index contributed by atoms with van der Waals surface area (Å²) in [4.78, 5) is 23.8. The summed E-state index contributed by atoms with van der Waals surface area (Å²) in [5.74, 6) is -2.71. The van der Waals surface area contributed by atoms with Gasteiger partial charge in [-0.15, -0.1) is 0 Å². The van der Waals surface area contributed by atoms with Crippen LogP contribution in [0, 0.1) is 0 Å². The average Bonchev–Trinajstić information content (AvgIpc) is 2.27. The second-order valence-corrected chi connectivity index (χ2v) is 3.96. The lowest BCUT2D eigenvalue weighted by atomic mass is 10.1. The number of anilines is 2. The van der Waals surface area contributed by atoms with Crippen molar-refractivity contribution in [1.82, 2.24) is 4.90 Å². The predicted octanol–water partition coefficient (Wildman–Crippen LogP) is 1.47. The first-order valence-corrected chi connectivity index (χ1v) is 5.12. The van der Waals surface area contributed by atoms with E-state index in [0.29, 0.717) is 0 Å². The van der Waals surface area contributed by atoms with E-state index in [0.717, 1.165) is 6.07 Å². The number of carbonyl (C=O) groups is 2. The molecule has 0 unspecified atom stereocenters. The highest BCUT2D eigenvalue weighted by atomic mass is 19.4. The lowest BCUT2D eigenvalue weighted by molar-refractivity contribution is -0.167. The maximum Gasteiger partial charge on any atom is 0.471 e. The number of halogens is 3. The first-order chi connectivity index (χ1) is 8.62. The van der Waals surface area contributed by atoms with Gasteiger partial charge in [0.15, 0.2) is 0 Å². The summed E-state index contributed by atoms with van der Waals surface area (Å²) >= 11 is 0. The zero-order valence-corrected chi connectivity index (χ0v) is 10.2. The third-order valence-corrected chi connectivity index (χ3v) is 2.19. The van der Waals surface area contributed by atoms with Crippen molar-refractivity contribution in [2.75, 3.05) is 25.1 Å². The van der Waals surface area contributed by atoms with E-state index < -0.39 is 18.0 Å². The number of nitrogens with one attached hydrogen (secondary N) is 1. The maximum absolute atomic E-state index is 12.2. The number of hydrogen-bond donors (Lipinski definition) is 2. The fourth-order valence-electron chi connectivity index (χ4n) is 1.29. The molecule has 0 saturated carbocycles. The number of amides is 2. The van der Waals surface area contributed by atoms with E-state index in [2.05, 4.69) is 0 Å². The topological polar surface area (TPSA) is 75.4 Å². The van der Waals surface area contributed by atoms with Gasteiger partial charge in [0, 0.05) is 19.8 Å². The van der Waals surface area contributed by atoms with Gasteiger partial charge in [-0.2, -0.15) is 13.2 Å². The Bertz CT molecular complexity index is 512. The first-order valence-electron chi connectivity index (χ1n) is 5.12. The molecule has 0 fully saturated rings. The number of rotatable bonds is 2. The van der Waals surface area contributed by atoms with Crippen molar-refractivity contribution in [2.45, 2.75) is 6.18 Å². The van der Waals surface area contributed by atoms with Crippen molar-refractivity contribution in [3.05, 3.63) is 23.8 Å². The fourth-order valence-corrected chi connectivity index (χ4v) is 1.29. The Balaban J connectivity index is 3.15. The molecule has 5 nitrogen and oxygen atoms in total. The molecule has 1 aromatic carbocycles. The SMILES string of the molecule is CN(C)C(=O)c1ccc(N)cc1NC(=O)C(F)(F)F. The van der Waals surface area contributed by atoms with Crippen LogP contribution in [0.5, 0.6) is 0 Å². The molecule has 8 heteroatoms. The molecule has 0 aromatic heterocycles. The van der Waals surface area contributed by atoms with Gasteiger partial charge in [0.05, 0.1) is 11.3 Å². The summed E-state index contributed by atoms with van der Waals surface area (Å²) in [6.45, 7) is 0. The van der Waals surface area contributed by atoms with Crippen LogP contribution < -0.4 is 11.1 Å². The first kappa shape index (κ1) is 14.8. The summed E-state index contributed by atoms with van der Waals surface area (Å²) in [6.07, 6.45) is -5.04. The summed E-state index contributed by atoms with van der Waals surface area (Å²) in [6, 6.07) is 3.71. The third kappa shape index (κ3) is 3.60. The number of nitrogens with zero attached hydrogens (tertiary/aromatic N) is 1. The van der Waals surface area contributed by atoms with Crippen LogP contribution >= 0.6 is 0 Å². The highest BCUT2D eigenvalue weighted by molar-refractivity contribution is 6.05. The van der Waals surface area contributed by atoms with E-state index >= 15 is 0 Å². The van der Waals surface area contributed by atoms with Crippen LogP contribution in [0.4, 0.5) is 24.5 Å². The van der Waals surface area contributed by atoms with Crippen LogP contribution in [-0.2, 0) is 4.79 Å².